The second-order valence-corrected chi connectivity index (χ2v) is 9.83. The average molecular weight is 444 g/mol. The lowest BCUT2D eigenvalue weighted by Gasteiger charge is -2.36. The van der Waals surface area contributed by atoms with Crippen LogP contribution in [0.3, 0.4) is 0 Å². The Labute approximate surface area is 185 Å². The largest absolute Gasteiger partial charge is 0.394 e. The van der Waals surface area contributed by atoms with Gasteiger partial charge in [0.05, 0.1) is 48.3 Å². The second kappa shape index (κ2) is 8.12. The van der Waals surface area contributed by atoms with E-state index in [0.29, 0.717) is 19.8 Å². The number of nitrogens with zero attached hydrogens (tertiary/aromatic N) is 4. The standard InChI is InChI=1S/C22H29N5O3S/c1-4-13(10-28)25-19-18-17(23-12-24-19)16-14-9-22(2,3)30-11-15(14)20(26-21(16)31-18)27-5-7-29-8-6-27/h12-13,28H,4-11H2,1-3H3,(H,23,24,25)/t13-/m0/s1. The fourth-order valence-electron chi connectivity index (χ4n) is 4.40. The third-order valence-electron chi connectivity index (χ3n) is 6.17. The number of rotatable bonds is 5. The van der Waals surface area contributed by atoms with Gasteiger partial charge in [0.1, 0.15) is 22.8 Å². The number of morpholine rings is 1. The van der Waals surface area contributed by atoms with Gasteiger partial charge in [-0.15, -0.1) is 11.3 Å². The highest BCUT2D eigenvalue weighted by Crippen LogP contribution is 2.44. The number of aliphatic hydroxyl groups is 1. The minimum atomic E-state index is -0.240. The van der Waals surface area contributed by atoms with Crippen LogP contribution in [0.5, 0.6) is 0 Å². The van der Waals surface area contributed by atoms with Gasteiger partial charge in [-0.3, -0.25) is 0 Å². The van der Waals surface area contributed by atoms with E-state index < -0.39 is 0 Å². The highest BCUT2D eigenvalue weighted by atomic mass is 32.1. The summed E-state index contributed by atoms with van der Waals surface area (Å²) in [6.07, 6.45) is 3.23. The van der Waals surface area contributed by atoms with Crippen LogP contribution in [0.1, 0.15) is 38.3 Å². The van der Waals surface area contributed by atoms with E-state index in [4.69, 9.17) is 14.5 Å². The van der Waals surface area contributed by atoms with E-state index in [1.807, 2.05) is 6.92 Å². The third kappa shape index (κ3) is 3.73. The van der Waals surface area contributed by atoms with E-state index in [-0.39, 0.29) is 18.2 Å². The molecule has 0 bridgehead atoms. The summed E-state index contributed by atoms with van der Waals surface area (Å²) in [5.74, 6) is 1.78. The number of pyridine rings is 1. The zero-order valence-corrected chi connectivity index (χ0v) is 19.1. The normalized spacial score (nSPS) is 19.5. The maximum absolute atomic E-state index is 9.65. The summed E-state index contributed by atoms with van der Waals surface area (Å²) >= 11 is 1.62. The molecule has 0 aromatic carbocycles. The van der Waals surface area contributed by atoms with Gasteiger partial charge in [0.2, 0.25) is 0 Å². The van der Waals surface area contributed by atoms with Crippen molar-refractivity contribution in [3.63, 3.8) is 0 Å². The molecular formula is C22H29N5O3S. The molecule has 2 N–H and O–H groups in total. The van der Waals surface area contributed by atoms with Gasteiger partial charge >= 0.3 is 0 Å². The van der Waals surface area contributed by atoms with Crippen LogP contribution in [-0.4, -0.2) is 64.6 Å². The van der Waals surface area contributed by atoms with Crippen LogP contribution in [0, 0.1) is 0 Å². The first-order valence-electron chi connectivity index (χ1n) is 10.9. The lowest BCUT2D eigenvalue weighted by molar-refractivity contribution is -0.0396. The van der Waals surface area contributed by atoms with Gasteiger partial charge in [-0.1, -0.05) is 6.92 Å². The SMILES string of the molecule is CC[C@@H](CO)Nc1ncnc2c1sc1nc(N3CCOCC3)c3c(c12)CC(C)(C)OC3. The first-order valence-corrected chi connectivity index (χ1v) is 11.8. The van der Waals surface area contributed by atoms with E-state index in [2.05, 4.69) is 34.0 Å². The summed E-state index contributed by atoms with van der Waals surface area (Å²) < 4.78 is 12.8. The molecule has 166 valence electrons. The minimum absolute atomic E-state index is 0.0403. The van der Waals surface area contributed by atoms with Crippen LogP contribution in [0.2, 0.25) is 0 Å². The van der Waals surface area contributed by atoms with Crippen molar-refractivity contribution in [3.05, 3.63) is 17.5 Å². The number of hydrogen-bond donors (Lipinski definition) is 2. The van der Waals surface area contributed by atoms with Gasteiger partial charge in [0, 0.05) is 30.5 Å². The topological polar surface area (TPSA) is 92.6 Å². The Hall–Kier alpha value is -2.07. The van der Waals surface area contributed by atoms with Gasteiger partial charge in [-0.2, -0.15) is 0 Å². The van der Waals surface area contributed by atoms with Crippen molar-refractivity contribution in [2.75, 3.05) is 43.1 Å². The smallest absolute Gasteiger partial charge is 0.147 e. The highest BCUT2D eigenvalue weighted by Gasteiger charge is 2.33. The van der Waals surface area contributed by atoms with Gasteiger partial charge in [0.15, 0.2) is 0 Å². The fourth-order valence-corrected chi connectivity index (χ4v) is 5.51. The molecule has 1 fully saturated rings. The van der Waals surface area contributed by atoms with E-state index in [1.54, 1.807) is 17.7 Å². The van der Waals surface area contributed by atoms with Crippen molar-refractivity contribution < 1.29 is 14.6 Å². The van der Waals surface area contributed by atoms with E-state index in [9.17, 15) is 5.11 Å². The van der Waals surface area contributed by atoms with Gasteiger partial charge in [0.25, 0.3) is 0 Å². The van der Waals surface area contributed by atoms with Crippen LogP contribution >= 0.6 is 11.3 Å². The summed E-state index contributed by atoms with van der Waals surface area (Å²) in [7, 11) is 0. The number of hydrogen-bond acceptors (Lipinski definition) is 9. The summed E-state index contributed by atoms with van der Waals surface area (Å²) in [6, 6.07) is -0.0403. The Balaban J connectivity index is 1.72. The lowest BCUT2D eigenvalue weighted by Crippen LogP contribution is -2.39. The molecule has 1 saturated heterocycles. The summed E-state index contributed by atoms with van der Waals surface area (Å²) in [6.45, 7) is 10.0. The minimum Gasteiger partial charge on any atom is -0.394 e. The maximum Gasteiger partial charge on any atom is 0.147 e. The summed E-state index contributed by atoms with van der Waals surface area (Å²) in [5, 5.41) is 14.2. The van der Waals surface area contributed by atoms with Crippen molar-refractivity contribution in [2.45, 2.75) is 51.9 Å². The summed E-state index contributed by atoms with van der Waals surface area (Å²) in [4.78, 5) is 17.6. The van der Waals surface area contributed by atoms with Crippen molar-refractivity contribution in [3.8, 4) is 0 Å². The quantitative estimate of drug-likeness (QED) is 0.621. The predicted molar refractivity (Wildman–Crippen MR) is 123 cm³/mol. The van der Waals surface area contributed by atoms with Crippen LogP contribution in [0.25, 0.3) is 20.4 Å². The molecule has 0 aliphatic carbocycles. The fraction of sp³-hybridized carbons (Fsp3) is 0.591. The average Bonchev–Trinajstić information content (AvgIpc) is 3.16. The molecule has 1 atom stereocenters. The number of fused-ring (bicyclic) bond motifs is 5. The number of nitrogens with one attached hydrogen (secondary N) is 1. The Bertz CT molecular complexity index is 1110. The lowest BCUT2D eigenvalue weighted by atomic mass is 9.90. The molecule has 9 heteroatoms. The molecule has 2 aliphatic rings. The molecule has 2 aliphatic heterocycles. The molecule has 0 spiro atoms. The number of anilines is 2. The molecule has 0 radical (unpaired) electrons. The number of ether oxygens (including phenoxy) is 2. The van der Waals surface area contributed by atoms with Gasteiger partial charge in [-0.25, -0.2) is 15.0 Å². The molecule has 3 aromatic rings. The van der Waals surface area contributed by atoms with E-state index in [1.165, 1.54) is 11.1 Å². The molecular weight excluding hydrogens is 414 g/mol. The Kier molecular flexibility index (Phi) is 5.45. The van der Waals surface area contributed by atoms with Gasteiger partial charge in [-0.05, 0) is 25.8 Å². The van der Waals surface area contributed by atoms with Crippen LogP contribution < -0.4 is 10.2 Å². The third-order valence-corrected chi connectivity index (χ3v) is 7.25. The predicted octanol–water partition coefficient (Wildman–Crippen LogP) is 3.11. The molecule has 0 amide bonds. The maximum atomic E-state index is 9.65. The number of aromatic nitrogens is 3. The Morgan fingerprint density at radius 1 is 1.26 bits per heavy atom. The van der Waals surface area contributed by atoms with Crippen LogP contribution in [0.15, 0.2) is 6.33 Å². The zero-order valence-electron chi connectivity index (χ0n) is 18.3. The van der Waals surface area contributed by atoms with Crippen LogP contribution in [0.4, 0.5) is 11.6 Å². The van der Waals surface area contributed by atoms with Crippen molar-refractivity contribution >= 4 is 43.4 Å². The first-order chi connectivity index (χ1) is 15.0. The summed E-state index contributed by atoms with van der Waals surface area (Å²) in [5.41, 5.74) is 3.15. The van der Waals surface area contributed by atoms with E-state index >= 15 is 0 Å². The number of thiophene rings is 1. The van der Waals surface area contributed by atoms with E-state index in [0.717, 1.165) is 58.0 Å². The Morgan fingerprint density at radius 3 is 2.81 bits per heavy atom. The van der Waals surface area contributed by atoms with Crippen molar-refractivity contribution in [2.24, 2.45) is 0 Å². The molecule has 8 nitrogen and oxygen atoms in total. The second-order valence-electron chi connectivity index (χ2n) is 8.83. The molecule has 5 heterocycles. The molecule has 0 unspecified atom stereocenters. The number of aliphatic hydroxyl groups excluding tert-OH is 1. The molecule has 31 heavy (non-hydrogen) atoms. The van der Waals surface area contributed by atoms with Crippen molar-refractivity contribution in [1.29, 1.82) is 0 Å². The zero-order chi connectivity index (χ0) is 21.6. The van der Waals surface area contributed by atoms with Gasteiger partial charge < -0.3 is 24.8 Å². The molecule has 3 aromatic heterocycles. The highest BCUT2D eigenvalue weighted by molar-refractivity contribution is 7.26. The monoisotopic (exact) mass is 443 g/mol. The van der Waals surface area contributed by atoms with Crippen molar-refractivity contribution in [1.82, 2.24) is 15.0 Å². The van der Waals surface area contributed by atoms with Crippen LogP contribution in [-0.2, 0) is 22.5 Å². The molecule has 5 rings (SSSR count). The first kappa shape index (κ1) is 20.8. The molecule has 0 saturated carbocycles. The Morgan fingerprint density at radius 2 is 2.06 bits per heavy atom.